The number of aliphatic imine (C=N–C) groups is 1. The maximum atomic E-state index is 11.8. The van der Waals surface area contributed by atoms with Crippen molar-refractivity contribution in [1.82, 2.24) is 16.0 Å². The van der Waals surface area contributed by atoms with Crippen LogP contribution in [0.4, 0.5) is 0 Å². The monoisotopic (exact) mass is 554 g/mol. The highest BCUT2D eigenvalue weighted by atomic mass is 127. The molecule has 0 saturated carbocycles. The maximum absolute atomic E-state index is 11.8. The van der Waals surface area contributed by atoms with E-state index in [0.29, 0.717) is 37.8 Å². The van der Waals surface area contributed by atoms with Crippen molar-refractivity contribution in [2.45, 2.75) is 26.3 Å². The SMILES string of the molecule is CN=C(NCCc1cccc(C(=O)NC)c1)NCc1ccc(C)cc1OCCCOC.I. The van der Waals surface area contributed by atoms with Crippen LogP contribution in [0.15, 0.2) is 47.5 Å². The molecule has 0 aromatic heterocycles. The van der Waals surface area contributed by atoms with Gasteiger partial charge >= 0.3 is 0 Å². The Morgan fingerprint density at radius 3 is 2.62 bits per heavy atom. The van der Waals surface area contributed by atoms with E-state index < -0.39 is 0 Å². The largest absolute Gasteiger partial charge is 0.493 e. The Labute approximate surface area is 208 Å². The molecule has 0 fully saturated rings. The zero-order valence-corrected chi connectivity index (χ0v) is 21.7. The second-order valence-electron chi connectivity index (χ2n) is 7.19. The summed E-state index contributed by atoms with van der Waals surface area (Å²) in [6.07, 6.45) is 1.63. The minimum Gasteiger partial charge on any atom is -0.493 e. The zero-order valence-electron chi connectivity index (χ0n) is 19.4. The second-order valence-corrected chi connectivity index (χ2v) is 7.19. The molecule has 176 valence electrons. The minimum atomic E-state index is -0.0781. The van der Waals surface area contributed by atoms with Gasteiger partial charge in [-0.25, -0.2) is 0 Å². The molecule has 7 nitrogen and oxygen atoms in total. The van der Waals surface area contributed by atoms with Crippen molar-refractivity contribution in [2.75, 3.05) is 41.0 Å². The van der Waals surface area contributed by atoms with Crippen molar-refractivity contribution >= 4 is 35.8 Å². The summed E-state index contributed by atoms with van der Waals surface area (Å²) in [5.74, 6) is 1.52. The van der Waals surface area contributed by atoms with Crippen molar-refractivity contribution in [2.24, 2.45) is 4.99 Å². The molecule has 0 saturated heterocycles. The van der Waals surface area contributed by atoms with E-state index in [4.69, 9.17) is 9.47 Å². The van der Waals surface area contributed by atoms with Crippen molar-refractivity contribution in [3.05, 3.63) is 64.7 Å². The highest BCUT2D eigenvalue weighted by molar-refractivity contribution is 14.0. The predicted octanol–water partition coefficient (Wildman–Crippen LogP) is 3.30. The molecule has 2 rings (SSSR count). The second kappa shape index (κ2) is 15.5. The van der Waals surface area contributed by atoms with Gasteiger partial charge in [-0.1, -0.05) is 24.3 Å². The van der Waals surface area contributed by atoms with Gasteiger partial charge in [-0.15, -0.1) is 24.0 Å². The number of hydrogen-bond acceptors (Lipinski definition) is 4. The fraction of sp³-hybridized carbons (Fsp3) is 0.417. The van der Waals surface area contributed by atoms with Crippen LogP contribution in [0.25, 0.3) is 0 Å². The average Bonchev–Trinajstić information content (AvgIpc) is 2.79. The molecule has 0 bridgehead atoms. The van der Waals surface area contributed by atoms with Gasteiger partial charge in [0.25, 0.3) is 5.91 Å². The Morgan fingerprint density at radius 2 is 1.91 bits per heavy atom. The molecule has 0 spiro atoms. The molecular weight excluding hydrogens is 519 g/mol. The molecule has 2 aromatic carbocycles. The quantitative estimate of drug-likeness (QED) is 0.172. The average molecular weight is 554 g/mol. The topological polar surface area (TPSA) is 84.0 Å². The van der Waals surface area contributed by atoms with E-state index in [0.717, 1.165) is 35.3 Å². The molecule has 1 amide bonds. The number of hydrogen-bond donors (Lipinski definition) is 3. The highest BCUT2D eigenvalue weighted by Gasteiger charge is 2.07. The van der Waals surface area contributed by atoms with Crippen LogP contribution in [0.2, 0.25) is 0 Å². The van der Waals surface area contributed by atoms with Crippen molar-refractivity contribution in [1.29, 1.82) is 0 Å². The van der Waals surface area contributed by atoms with Crippen molar-refractivity contribution in [3.8, 4) is 5.75 Å². The number of rotatable bonds is 11. The molecule has 2 aromatic rings. The van der Waals surface area contributed by atoms with E-state index in [2.05, 4.69) is 46.1 Å². The predicted molar refractivity (Wildman–Crippen MR) is 140 cm³/mol. The van der Waals surface area contributed by atoms with Gasteiger partial charge in [0.05, 0.1) is 6.61 Å². The molecule has 0 atom stereocenters. The first kappa shape index (κ1) is 27.7. The van der Waals surface area contributed by atoms with Crippen LogP contribution in [-0.4, -0.2) is 52.8 Å². The van der Waals surface area contributed by atoms with Crippen LogP contribution >= 0.6 is 24.0 Å². The Bertz CT molecular complexity index is 874. The standard InChI is InChI=1S/C24H34N4O3.HI/c1-18-9-10-21(22(15-18)31-14-6-13-30-4)17-28-24(26-3)27-12-11-19-7-5-8-20(16-19)23(29)25-2;/h5,7-10,15-16H,6,11-14,17H2,1-4H3,(H,25,29)(H2,26,27,28);1H. The van der Waals surface area contributed by atoms with Gasteiger partial charge < -0.3 is 25.4 Å². The number of guanidine groups is 1. The number of carbonyl (C=O) groups is 1. The summed E-state index contributed by atoms with van der Waals surface area (Å²) in [6, 6.07) is 13.9. The highest BCUT2D eigenvalue weighted by Crippen LogP contribution is 2.20. The van der Waals surface area contributed by atoms with E-state index in [-0.39, 0.29) is 29.9 Å². The van der Waals surface area contributed by atoms with Crippen LogP contribution in [0.3, 0.4) is 0 Å². The summed E-state index contributed by atoms with van der Waals surface area (Å²) >= 11 is 0. The molecule has 8 heteroatoms. The summed E-state index contributed by atoms with van der Waals surface area (Å²) in [5.41, 5.74) is 3.99. The summed E-state index contributed by atoms with van der Waals surface area (Å²) in [4.78, 5) is 16.1. The van der Waals surface area contributed by atoms with Crippen LogP contribution in [0.1, 0.15) is 33.5 Å². The van der Waals surface area contributed by atoms with Gasteiger partial charge in [0, 0.05) is 58.4 Å². The summed E-state index contributed by atoms with van der Waals surface area (Å²) in [6.45, 7) is 4.66. The number of benzene rings is 2. The molecule has 32 heavy (non-hydrogen) atoms. The summed E-state index contributed by atoms with van der Waals surface area (Å²) < 4.78 is 11.0. The Morgan fingerprint density at radius 1 is 1.09 bits per heavy atom. The van der Waals surface area contributed by atoms with Gasteiger partial charge in [0.2, 0.25) is 0 Å². The number of aryl methyl sites for hydroxylation is 1. The number of nitrogens with zero attached hydrogens (tertiary/aromatic N) is 1. The lowest BCUT2D eigenvalue weighted by Crippen LogP contribution is -2.38. The van der Waals surface area contributed by atoms with E-state index in [1.165, 1.54) is 0 Å². The van der Waals surface area contributed by atoms with E-state index in [1.807, 2.05) is 24.3 Å². The molecule has 0 heterocycles. The van der Waals surface area contributed by atoms with Crippen LogP contribution < -0.4 is 20.7 Å². The molecule has 0 aliphatic heterocycles. The van der Waals surface area contributed by atoms with E-state index in [9.17, 15) is 4.79 Å². The van der Waals surface area contributed by atoms with Gasteiger partial charge in [0.15, 0.2) is 5.96 Å². The summed E-state index contributed by atoms with van der Waals surface area (Å²) in [5, 5.41) is 9.32. The van der Waals surface area contributed by atoms with Crippen LogP contribution in [0, 0.1) is 6.92 Å². The Hall–Kier alpha value is -2.33. The molecule has 3 N–H and O–H groups in total. The fourth-order valence-corrected chi connectivity index (χ4v) is 3.06. The van der Waals surface area contributed by atoms with E-state index in [1.54, 1.807) is 21.2 Å². The zero-order chi connectivity index (χ0) is 22.5. The third-order valence-corrected chi connectivity index (χ3v) is 4.77. The lowest BCUT2D eigenvalue weighted by molar-refractivity contribution is 0.0963. The molecule has 0 aliphatic carbocycles. The smallest absolute Gasteiger partial charge is 0.251 e. The number of halogens is 1. The van der Waals surface area contributed by atoms with Crippen molar-refractivity contribution < 1.29 is 14.3 Å². The molecule has 0 radical (unpaired) electrons. The van der Waals surface area contributed by atoms with Crippen LogP contribution in [0.5, 0.6) is 5.75 Å². The maximum Gasteiger partial charge on any atom is 0.251 e. The number of carbonyl (C=O) groups excluding carboxylic acids is 1. The minimum absolute atomic E-state index is 0. The number of methoxy groups -OCH3 is 1. The lowest BCUT2D eigenvalue weighted by Gasteiger charge is -2.15. The van der Waals surface area contributed by atoms with Gasteiger partial charge in [-0.3, -0.25) is 9.79 Å². The lowest BCUT2D eigenvalue weighted by atomic mass is 10.1. The van der Waals surface area contributed by atoms with Gasteiger partial charge in [0.1, 0.15) is 5.75 Å². The first-order chi connectivity index (χ1) is 15.1. The first-order valence-corrected chi connectivity index (χ1v) is 10.5. The van der Waals surface area contributed by atoms with E-state index >= 15 is 0 Å². The van der Waals surface area contributed by atoms with Crippen LogP contribution in [-0.2, 0) is 17.7 Å². The Balaban J connectivity index is 0.00000512. The van der Waals surface area contributed by atoms with Crippen molar-refractivity contribution in [3.63, 3.8) is 0 Å². The molecule has 0 aliphatic rings. The number of amides is 1. The fourth-order valence-electron chi connectivity index (χ4n) is 3.06. The third-order valence-electron chi connectivity index (χ3n) is 4.77. The first-order valence-electron chi connectivity index (χ1n) is 10.5. The van der Waals surface area contributed by atoms with Gasteiger partial charge in [-0.2, -0.15) is 0 Å². The third kappa shape index (κ3) is 9.44. The number of ether oxygens (including phenoxy) is 2. The summed E-state index contributed by atoms with van der Waals surface area (Å²) in [7, 11) is 5.08. The van der Waals surface area contributed by atoms with Gasteiger partial charge in [-0.05, 0) is 42.7 Å². The molecular formula is C24H35IN4O3. The normalized spacial score (nSPS) is 10.8. The number of nitrogens with one attached hydrogen (secondary N) is 3. The molecule has 0 unspecified atom stereocenters. The Kier molecular flexibility index (Phi) is 13.4.